The maximum atomic E-state index is 12.2. The first-order chi connectivity index (χ1) is 9.88. The molecule has 0 radical (unpaired) electrons. The second kappa shape index (κ2) is 6.55. The van der Waals surface area contributed by atoms with Gasteiger partial charge in [-0.3, -0.25) is 4.79 Å². The summed E-state index contributed by atoms with van der Waals surface area (Å²) in [4.78, 5) is 10.7. The summed E-state index contributed by atoms with van der Waals surface area (Å²) >= 11 is 0. The van der Waals surface area contributed by atoms with E-state index < -0.39 is 28.1 Å². The smallest absolute Gasteiger partial charge is 0.307 e. The second-order valence-corrected chi connectivity index (χ2v) is 7.01. The molecular formula is C14H19NO5S. The van der Waals surface area contributed by atoms with Crippen LogP contribution in [0.2, 0.25) is 0 Å². The molecule has 0 amide bonds. The van der Waals surface area contributed by atoms with Crippen molar-refractivity contribution in [2.75, 3.05) is 0 Å². The van der Waals surface area contributed by atoms with Gasteiger partial charge < -0.3 is 10.2 Å². The van der Waals surface area contributed by atoms with Crippen molar-refractivity contribution in [2.45, 2.75) is 49.1 Å². The molecule has 1 aliphatic carbocycles. The topological polar surface area (TPSA) is 104 Å². The van der Waals surface area contributed by atoms with E-state index in [-0.39, 0.29) is 11.3 Å². The molecule has 0 unspecified atom stereocenters. The Kier molecular flexibility index (Phi) is 4.97. The van der Waals surface area contributed by atoms with E-state index in [1.807, 2.05) is 0 Å². The molecule has 116 valence electrons. The Labute approximate surface area is 123 Å². The standard InChI is InChI=1S/C14H19NO5S/c16-13-4-2-1-3-12(13)15-21(19,20)11-7-5-10(6-8-11)9-14(17)18/h5-8,12-13,15-16H,1-4,9H2,(H,17,18)/t12-,13-/m0/s1. The van der Waals surface area contributed by atoms with Gasteiger partial charge in [-0.1, -0.05) is 25.0 Å². The zero-order valence-electron chi connectivity index (χ0n) is 11.5. The Morgan fingerprint density at radius 2 is 1.81 bits per heavy atom. The van der Waals surface area contributed by atoms with Gasteiger partial charge in [-0.25, -0.2) is 13.1 Å². The van der Waals surface area contributed by atoms with Crippen LogP contribution in [0.5, 0.6) is 0 Å². The zero-order valence-corrected chi connectivity index (χ0v) is 12.3. The highest BCUT2D eigenvalue weighted by atomic mass is 32.2. The molecule has 6 nitrogen and oxygen atoms in total. The van der Waals surface area contributed by atoms with E-state index >= 15 is 0 Å². The molecule has 0 spiro atoms. The van der Waals surface area contributed by atoms with Crippen molar-refractivity contribution in [3.05, 3.63) is 29.8 Å². The van der Waals surface area contributed by atoms with Crippen LogP contribution in [0.25, 0.3) is 0 Å². The fourth-order valence-corrected chi connectivity index (χ4v) is 3.78. The Bertz CT molecular complexity index is 596. The lowest BCUT2D eigenvalue weighted by Crippen LogP contribution is -2.44. The minimum Gasteiger partial charge on any atom is -0.481 e. The van der Waals surface area contributed by atoms with Crippen LogP contribution in [-0.2, 0) is 21.2 Å². The van der Waals surface area contributed by atoms with Gasteiger partial charge in [0.2, 0.25) is 10.0 Å². The molecule has 0 bridgehead atoms. The molecule has 1 saturated carbocycles. The maximum Gasteiger partial charge on any atom is 0.307 e. The monoisotopic (exact) mass is 313 g/mol. The van der Waals surface area contributed by atoms with Crippen molar-refractivity contribution in [3.8, 4) is 0 Å². The van der Waals surface area contributed by atoms with Crippen LogP contribution in [0, 0.1) is 0 Å². The molecule has 1 aromatic rings. The molecule has 2 rings (SSSR count). The predicted octanol–water partition coefficient (Wildman–Crippen LogP) is 0.895. The van der Waals surface area contributed by atoms with Gasteiger partial charge in [0.25, 0.3) is 0 Å². The molecule has 1 aliphatic rings. The fourth-order valence-electron chi connectivity index (χ4n) is 2.48. The van der Waals surface area contributed by atoms with Gasteiger partial charge in [0.1, 0.15) is 0 Å². The molecule has 7 heteroatoms. The van der Waals surface area contributed by atoms with Crippen LogP contribution < -0.4 is 4.72 Å². The summed E-state index contributed by atoms with van der Waals surface area (Å²) in [5.41, 5.74) is 0.541. The first kappa shape index (κ1) is 15.9. The number of carboxylic acid groups (broad SMARTS) is 1. The van der Waals surface area contributed by atoms with Crippen molar-refractivity contribution in [3.63, 3.8) is 0 Å². The number of sulfonamides is 1. The van der Waals surface area contributed by atoms with Gasteiger partial charge in [-0.2, -0.15) is 0 Å². The normalized spacial score (nSPS) is 22.9. The molecule has 1 fully saturated rings. The van der Waals surface area contributed by atoms with Gasteiger partial charge in [-0.05, 0) is 30.5 Å². The fraction of sp³-hybridized carbons (Fsp3) is 0.500. The van der Waals surface area contributed by atoms with E-state index in [1.165, 1.54) is 24.3 Å². The average molecular weight is 313 g/mol. The first-order valence-corrected chi connectivity index (χ1v) is 8.38. The molecule has 0 saturated heterocycles. The van der Waals surface area contributed by atoms with Gasteiger partial charge in [0.05, 0.1) is 17.4 Å². The van der Waals surface area contributed by atoms with Crippen molar-refractivity contribution in [1.29, 1.82) is 0 Å². The summed E-state index contributed by atoms with van der Waals surface area (Å²) in [7, 11) is -3.70. The van der Waals surface area contributed by atoms with Gasteiger partial charge in [0, 0.05) is 6.04 Å². The molecule has 0 aliphatic heterocycles. The van der Waals surface area contributed by atoms with Crippen molar-refractivity contribution in [1.82, 2.24) is 4.72 Å². The number of benzene rings is 1. The van der Waals surface area contributed by atoms with E-state index in [4.69, 9.17) is 5.11 Å². The Balaban J connectivity index is 2.10. The zero-order chi connectivity index (χ0) is 15.5. The molecule has 0 heterocycles. The van der Waals surface area contributed by atoms with Gasteiger partial charge >= 0.3 is 5.97 Å². The van der Waals surface area contributed by atoms with E-state index in [0.717, 1.165) is 12.8 Å². The number of hydrogen-bond acceptors (Lipinski definition) is 4. The lowest BCUT2D eigenvalue weighted by molar-refractivity contribution is -0.136. The predicted molar refractivity (Wildman–Crippen MR) is 76.4 cm³/mol. The summed E-state index contributed by atoms with van der Waals surface area (Å²) < 4.78 is 27.0. The van der Waals surface area contributed by atoms with Gasteiger partial charge in [0.15, 0.2) is 0 Å². The highest BCUT2D eigenvalue weighted by Gasteiger charge is 2.28. The summed E-state index contributed by atoms with van der Waals surface area (Å²) in [5, 5.41) is 18.5. The van der Waals surface area contributed by atoms with Crippen molar-refractivity contribution < 1.29 is 23.4 Å². The number of aliphatic hydroxyl groups excluding tert-OH is 1. The largest absolute Gasteiger partial charge is 0.481 e. The minimum absolute atomic E-state index is 0.0782. The molecule has 3 N–H and O–H groups in total. The van der Waals surface area contributed by atoms with E-state index in [0.29, 0.717) is 18.4 Å². The van der Waals surface area contributed by atoms with Crippen LogP contribution in [0.4, 0.5) is 0 Å². The van der Waals surface area contributed by atoms with Crippen LogP contribution >= 0.6 is 0 Å². The maximum absolute atomic E-state index is 12.2. The number of carbonyl (C=O) groups is 1. The molecule has 0 aromatic heterocycles. The van der Waals surface area contributed by atoms with Crippen LogP contribution in [0.15, 0.2) is 29.2 Å². The number of aliphatic hydroxyl groups is 1. The summed E-state index contributed by atoms with van der Waals surface area (Å²) in [5.74, 6) is -0.964. The van der Waals surface area contributed by atoms with E-state index in [2.05, 4.69) is 4.72 Å². The number of carboxylic acids is 1. The SMILES string of the molecule is O=C(O)Cc1ccc(S(=O)(=O)N[C@H]2CCCC[C@@H]2O)cc1. The van der Waals surface area contributed by atoms with Crippen LogP contribution in [0.1, 0.15) is 31.2 Å². The van der Waals surface area contributed by atoms with Crippen molar-refractivity contribution >= 4 is 16.0 Å². The molecule has 2 atom stereocenters. The third-order valence-corrected chi connectivity index (χ3v) is 5.13. The van der Waals surface area contributed by atoms with Crippen molar-refractivity contribution in [2.24, 2.45) is 0 Å². The first-order valence-electron chi connectivity index (χ1n) is 6.89. The van der Waals surface area contributed by atoms with Crippen LogP contribution in [-0.4, -0.2) is 36.7 Å². The summed E-state index contributed by atoms with van der Waals surface area (Å²) in [6.45, 7) is 0. The van der Waals surface area contributed by atoms with Crippen LogP contribution in [0.3, 0.4) is 0 Å². The Morgan fingerprint density at radius 1 is 1.19 bits per heavy atom. The Morgan fingerprint density at radius 3 is 2.38 bits per heavy atom. The van der Waals surface area contributed by atoms with E-state index in [1.54, 1.807) is 0 Å². The third-order valence-electron chi connectivity index (χ3n) is 3.63. The molecule has 1 aromatic carbocycles. The lowest BCUT2D eigenvalue weighted by atomic mass is 9.93. The van der Waals surface area contributed by atoms with Gasteiger partial charge in [-0.15, -0.1) is 0 Å². The Hall–Kier alpha value is -1.44. The number of nitrogens with one attached hydrogen (secondary N) is 1. The molecular weight excluding hydrogens is 294 g/mol. The molecule has 21 heavy (non-hydrogen) atoms. The van der Waals surface area contributed by atoms with E-state index in [9.17, 15) is 18.3 Å². The summed E-state index contributed by atoms with van der Waals surface area (Å²) in [6.07, 6.45) is 2.22. The minimum atomic E-state index is -3.70. The quantitative estimate of drug-likeness (QED) is 0.749. The highest BCUT2D eigenvalue weighted by Crippen LogP contribution is 2.21. The highest BCUT2D eigenvalue weighted by molar-refractivity contribution is 7.89. The number of aliphatic carboxylic acids is 1. The lowest BCUT2D eigenvalue weighted by Gasteiger charge is -2.28. The third kappa shape index (κ3) is 4.26. The summed E-state index contributed by atoms with van der Waals surface area (Å²) in [6, 6.07) is 5.29. The average Bonchev–Trinajstić information content (AvgIpc) is 2.41. The number of hydrogen-bond donors (Lipinski definition) is 3. The number of rotatable bonds is 5. The second-order valence-electron chi connectivity index (χ2n) is 5.29.